The van der Waals surface area contributed by atoms with E-state index in [0.717, 1.165) is 32.1 Å². The second-order valence-corrected chi connectivity index (χ2v) is 6.14. The Bertz CT molecular complexity index is 499. The molecule has 0 bridgehead atoms. The third-order valence-electron chi connectivity index (χ3n) is 4.62. The van der Waals surface area contributed by atoms with Gasteiger partial charge >= 0.3 is 0 Å². The standard InChI is InChI=1S/C17H23NO3/c19-15-9-3-5-12(15)11-18-17(20)14-8-1-2-10-16(14)21-13-6-4-7-13/h1-2,8,10,12-13,15,19H,3-7,9,11H2,(H,18,20). The Kier molecular flexibility index (Phi) is 4.44. The molecular weight excluding hydrogens is 266 g/mol. The van der Waals surface area contributed by atoms with E-state index in [-0.39, 0.29) is 24.0 Å². The Hall–Kier alpha value is -1.55. The van der Waals surface area contributed by atoms with Crippen LogP contribution >= 0.6 is 0 Å². The fourth-order valence-electron chi connectivity index (χ4n) is 3.00. The number of nitrogens with one attached hydrogen (secondary N) is 1. The minimum absolute atomic E-state index is 0.107. The van der Waals surface area contributed by atoms with Gasteiger partial charge in [-0.15, -0.1) is 0 Å². The lowest BCUT2D eigenvalue weighted by molar-refractivity contribution is 0.0895. The van der Waals surface area contributed by atoms with Crippen molar-refractivity contribution in [1.82, 2.24) is 5.32 Å². The van der Waals surface area contributed by atoms with Crippen LogP contribution in [0.2, 0.25) is 0 Å². The number of carbonyl (C=O) groups is 1. The SMILES string of the molecule is O=C(NCC1CCCC1O)c1ccccc1OC1CCC1. The molecular formula is C17H23NO3. The van der Waals surface area contributed by atoms with Crippen LogP contribution in [0, 0.1) is 5.92 Å². The van der Waals surface area contributed by atoms with Gasteiger partial charge in [-0.05, 0) is 44.2 Å². The molecule has 21 heavy (non-hydrogen) atoms. The highest BCUT2D eigenvalue weighted by Gasteiger charge is 2.26. The van der Waals surface area contributed by atoms with E-state index < -0.39 is 0 Å². The maximum atomic E-state index is 12.3. The van der Waals surface area contributed by atoms with E-state index in [9.17, 15) is 9.90 Å². The van der Waals surface area contributed by atoms with Gasteiger partial charge in [0.1, 0.15) is 5.75 Å². The first kappa shape index (κ1) is 14.4. The minimum atomic E-state index is -0.272. The van der Waals surface area contributed by atoms with Crippen LogP contribution < -0.4 is 10.1 Å². The normalized spacial score (nSPS) is 25.4. The molecule has 2 unspecified atom stereocenters. The van der Waals surface area contributed by atoms with E-state index >= 15 is 0 Å². The monoisotopic (exact) mass is 289 g/mol. The van der Waals surface area contributed by atoms with Gasteiger partial charge < -0.3 is 15.2 Å². The third kappa shape index (κ3) is 3.38. The number of carbonyl (C=O) groups excluding carboxylic acids is 1. The first-order chi connectivity index (χ1) is 10.2. The van der Waals surface area contributed by atoms with E-state index in [0.29, 0.717) is 17.9 Å². The highest BCUT2D eigenvalue weighted by atomic mass is 16.5. The van der Waals surface area contributed by atoms with Crippen LogP contribution in [-0.2, 0) is 0 Å². The number of aliphatic hydroxyl groups excluding tert-OH is 1. The number of aliphatic hydroxyl groups is 1. The molecule has 4 nitrogen and oxygen atoms in total. The van der Waals surface area contributed by atoms with Gasteiger partial charge in [0.2, 0.25) is 0 Å². The zero-order chi connectivity index (χ0) is 14.7. The average Bonchev–Trinajstić information content (AvgIpc) is 2.86. The largest absolute Gasteiger partial charge is 0.490 e. The Labute approximate surface area is 125 Å². The second-order valence-electron chi connectivity index (χ2n) is 6.14. The maximum absolute atomic E-state index is 12.3. The highest BCUT2D eigenvalue weighted by Crippen LogP contribution is 2.28. The zero-order valence-electron chi connectivity index (χ0n) is 12.3. The summed E-state index contributed by atoms with van der Waals surface area (Å²) >= 11 is 0. The number of rotatable bonds is 5. The van der Waals surface area contributed by atoms with Crippen LogP contribution in [0.4, 0.5) is 0 Å². The number of para-hydroxylation sites is 1. The molecule has 1 aromatic rings. The highest BCUT2D eigenvalue weighted by molar-refractivity contribution is 5.96. The van der Waals surface area contributed by atoms with Gasteiger partial charge in [-0.25, -0.2) is 0 Å². The molecule has 1 aromatic carbocycles. The summed E-state index contributed by atoms with van der Waals surface area (Å²) in [6.07, 6.45) is 6.22. The van der Waals surface area contributed by atoms with Crippen LogP contribution in [0.5, 0.6) is 5.75 Å². The van der Waals surface area contributed by atoms with Crippen LogP contribution in [0.1, 0.15) is 48.9 Å². The molecule has 2 saturated carbocycles. The van der Waals surface area contributed by atoms with Crippen LogP contribution in [0.15, 0.2) is 24.3 Å². The lowest BCUT2D eigenvalue weighted by Gasteiger charge is -2.27. The Morgan fingerprint density at radius 3 is 2.62 bits per heavy atom. The van der Waals surface area contributed by atoms with E-state index in [1.54, 1.807) is 6.07 Å². The first-order valence-corrected chi connectivity index (χ1v) is 7.96. The molecule has 2 fully saturated rings. The van der Waals surface area contributed by atoms with Gasteiger partial charge in [-0.3, -0.25) is 4.79 Å². The van der Waals surface area contributed by atoms with Gasteiger partial charge in [0.05, 0.1) is 17.8 Å². The summed E-state index contributed by atoms with van der Waals surface area (Å²) in [5.41, 5.74) is 0.594. The number of benzene rings is 1. The molecule has 1 amide bonds. The van der Waals surface area contributed by atoms with Crippen molar-refractivity contribution in [2.45, 2.75) is 50.7 Å². The quantitative estimate of drug-likeness (QED) is 0.875. The summed E-state index contributed by atoms with van der Waals surface area (Å²) in [5.74, 6) is 0.754. The summed E-state index contributed by atoms with van der Waals surface area (Å²) in [6, 6.07) is 7.41. The molecule has 0 heterocycles. The molecule has 2 aliphatic carbocycles. The second kappa shape index (κ2) is 6.48. The van der Waals surface area contributed by atoms with Gasteiger partial charge in [-0.1, -0.05) is 18.6 Å². The molecule has 0 aliphatic heterocycles. The Morgan fingerprint density at radius 2 is 1.95 bits per heavy atom. The maximum Gasteiger partial charge on any atom is 0.255 e. The minimum Gasteiger partial charge on any atom is -0.490 e. The van der Waals surface area contributed by atoms with Crippen molar-refractivity contribution in [3.8, 4) is 5.75 Å². The van der Waals surface area contributed by atoms with Crippen molar-refractivity contribution in [3.05, 3.63) is 29.8 Å². The van der Waals surface area contributed by atoms with E-state index in [1.807, 2.05) is 18.2 Å². The fourth-order valence-corrected chi connectivity index (χ4v) is 3.00. The molecule has 0 aromatic heterocycles. The average molecular weight is 289 g/mol. The molecule has 0 radical (unpaired) electrons. The summed E-state index contributed by atoms with van der Waals surface area (Å²) in [5, 5.41) is 12.8. The summed E-state index contributed by atoms with van der Waals surface area (Å²) in [4.78, 5) is 12.3. The van der Waals surface area contributed by atoms with Crippen LogP contribution in [0.25, 0.3) is 0 Å². The van der Waals surface area contributed by atoms with Gasteiger partial charge in [0.25, 0.3) is 5.91 Å². The lowest BCUT2D eigenvalue weighted by atomic mass is 9.96. The van der Waals surface area contributed by atoms with Crippen molar-refractivity contribution in [2.75, 3.05) is 6.54 Å². The zero-order valence-corrected chi connectivity index (χ0v) is 12.3. The molecule has 3 rings (SSSR count). The van der Waals surface area contributed by atoms with E-state index in [2.05, 4.69) is 5.32 Å². The van der Waals surface area contributed by atoms with Crippen molar-refractivity contribution < 1.29 is 14.6 Å². The third-order valence-corrected chi connectivity index (χ3v) is 4.62. The van der Waals surface area contributed by atoms with Gasteiger partial charge in [-0.2, -0.15) is 0 Å². The molecule has 114 valence electrons. The summed E-state index contributed by atoms with van der Waals surface area (Å²) in [7, 11) is 0. The Morgan fingerprint density at radius 1 is 1.19 bits per heavy atom. The lowest BCUT2D eigenvalue weighted by Crippen LogP contribution is -2.33. The molecule has 4 heteroatoms. The Balaban J connectivity index is 1.60. The number of hydrogen-bond acceptors (Lipinski definition) is 3. The van der Waals surface area contributed by atoms with Crippen molar-refractivity contribution in [1.29, 1.82) is 0 Å². The molecule has 2 aliphatic rings. The van der Waals surface area contributed by atoms with Gasteiger partial charge in [0, 0.05) is 12.5 Å². The molecule has 0 spiro atoms. The van der Waals surface area contributed by atoms with Crippen LogP contribution in [0.3, 0.4) is 0 Å². The van der Waals surface area contributed by atoms with E-state index in [1.165, 1.54) is 6.42 Å². The molecule has 2 atom stereocenters. The van der Waals surface area contributed by atoms with Crippen LogP contribution in [-0.4, -0.2) is 29.8 Å². The van der Waals surface area contributed by atoms with Crippen molar-refractivity contribution >= 4 is 5.91 Å². The summed E-state index contributed by atoms with van der Waals surface area (Å²) in [6.45, 7) is 0.539. The van der Waals surface area contributed by atoms with E-state index in [4.69, 9.17) is 4.74 Å². The number of hydrogen-bond donors (Lipinski definition) is 2. The predicted octanol–water partition coefficient (Wildman–Crippen LogP) is 2.51. The number of ether oxygens (including phenoxy) is 1. The first-order valence-electron chi connectivity index (χ1n) is 7.96. The fraction of sp³-hybridized carbons (Fsp3) is 0.588. The number of amides is 1. The smallest absolute Gasteiger partial charge is 0.255 e. The summed E-state index contributed by atoms with van der Waals surface area (Å²) < 4.78 is 5.89. The molecule has 2 N–H and O–H groups in total. The van der Waals surface area contributed by atoms with Gasteiger partial charge in [0.15, 0.2) is 0 Å². The van der Waals surface area contributed by atoms with Crippen molar-refractivity contribution in [2.24, 2.45) is 5.92 Å². The van der Waals surface area contributed by atoms with Crippen molar-refractivity contribution in [3.63, 3.8) is 0 Å². The molecule has 0 saturated heterocycles. The predicted molar refractivity (Wildman–Crippen MR) is 80.4 cm³/mol. The topological polar surface area (TPSA) is 58.6 Å².